The highest BCUT2D eigenvalue weighted by Crippen LogP contribution is 2.31. The van der Waals surface area contributed by atoms with Crippen molar-refractivity contribution in [3.05, 3.63) is 35.9 Å². The highest BCUT2D eigenvalue weighted by molar-refractivity contribution is 5.75. The SMILES string of the molecule is C[C@H](NC(=O)NC1(C)CCC1)[C@@H](OC1CCOCC1)c1ccccc1. The molecule has 5 nitrogen and oxygen atoms in total. The maximum atomic E-state index is 12.4. The molecule has 2 aliphatic rings. The molecule has 5 heteroatoms. The number of ether oxygens (including phenoxy) is 2. The fourth-order valence-electron chi connectivity index (χ4n) is 3.57. The lowest BCUT2D eigenvalue weighted by Gasteiger charge is -2.39. The van der Waals surface area contributed by atoms with Gasteiger partial charge in [-0.25, -0.2) is 4.79 Å². The average Bonchev–Trinajstić information content (AvgIpc) is 2.59. The molecule has 2 amide bonds. The number of urea groups is 1. The minimum Gasteiger partial charge on any atom is -0.381 e. The Balaban J connectivity index is 1.63. The highest BCUT2D eigenvalue weighted by Gasteiger charge is 2.34. The molecule has 2 N–H and O–H groups in total. The van der Waals surface area contributed by atoms with Crippen molar-refractivity contribution in [3.8, 4) is 0 Å². The quantitative estimate of drug-likeness (QED) is 0.828. The van der Waals surface area contributed by atoms with Gasteiger partial charge in [-0.15, -0.1) is 0 Å². The Bertz CT molecular complexity index is 553. The van der Waals surface area contributed by atoms with Crippen molar-refractivity contribution in [1.82, 2.24) is 10.6 Å². The fourth-order valence-corrected chi connectivity index (χ4v) is 3.57. The second-order valence-corrected chi connectivity index (χ2v) is 7.58. The van der Waals surface area contributed by atoms with Gasteiger partial charge in [0.2, 0.25) is 0 Å². The molecule has 1 aromatic carbocycles. The molecule has 3 rings (SSSR count). The Hall–Kier alpha value is -1.59. The van der Waals surface area contributed by atoms with Gasteiger partial charge in [-0.05, 0) is 51.5 Å². The van der Waals surface area contributed by atoms with Gasteiger partial charge in [0, 0.05) is 18.8 Å². The summed E-state index contributed by atoms with van der Waals surface area (Å²) in [5.41, 5.74) is 1.05. The van der Waals surface area contributed by atoms with Gasteiger partial charge in [-0.1, -0.05) is 30.3 Å². The third kappa shape index (κ3) is 4.95. The molecule has 0 bridgehead atoms. The number of amides is 2. The lowest BCUT2D eigenvalue weighted by molar-refractivity contribution is -0.0783. The van der Waals surface area contributed by atoms with Gasteiger partial charge < -0.3 is 20.1 Å². The van der Waals surface area contributed by atoms with Gasteiger partial charge in [0.05, 0.1) is 12.1 Å². The Kier molecular flexibility index (Phi) is 5.97. The molecular weight excluding hydrogens is 316 g/mol. The molecule has 2 fully saturated rings. The lowest BCUT2D eigenvalue weighted by atomic mass is 9.79. The first kappa shape index (κ1) is 18.2. The monoisotopic (exact) mass is 346 g/mol. The van der Waals surface area contributed by atoms with Gasteiger partial charge >= 0.3 is 6.03 Å². The Morgan fingerprint density at radius 3 is 2.52 bits per heavy atom. The summed E-state index contributed by atoms with van der Waals surface area (Å²) in [6, 6.07) is 9.92. The summed E-state index contributed by atoms with van der Waals surface area (Å²) in [6.45, 7) is 5.60. The van der Waals surface area contributed by atoms with E-state index in [0.717, 1.165) is 44.5 Å². The average molecular weight is 346 g/mol. The molecular formula is C20H30N2O3. The second kappa shape index (κ2) is 8.19. The van der Waals surface area contributed by atoms with E-state index in [2.05, 4.69) is 29.7 Å². The molecule has 138 valence electrons. The van der Waals surface area contributed by atoms with Crippen LogP contribution in [0.2, 0.25) is 0 Å². The first-order valence-corrected chi connectivity index (χ1v) is 9.43. The van der Waals surface area contributed by atoms with E-state index in [0.29, 0.717) is 0 Å². The zero-order valence-electron chi connectivity index (χ0n) is 15.3. The third-order valence-corrected chi connectivity index (χ3v) is 5.32. The Morgan fingerprint density at radius 1 is 1.24 bits per heavy atom. The zero-order valence-corrected chi connectivity index (χ0v) is 15.3. The van der Waals surface area contributed by atoms with Gasteiger partial charge in [0.25, 0.3) is 0 Å². The van der Waals surface area contributed by atoms with E-state index in [1.54, 1.807) is 0 Å². The number of benzene rings is 1. The molecule has 1 saturated heterocycles. The van der Waals surface area contributed by atoms with E-state index in [1.807, 2.05) is 25.1 Å². The van der Waals surface area contributed by atoms with Crippen molar-refractivity contribution in [2.24, 2.45) is 0 Å². The van der Waals surface area contributed by atoms with Crippen LogP contribution < -0.4 is 10.6 Å². The highest BCUT2D eigenvalue weighted by atomic mass is 16.5. The summed E-state index contributed by atoms with van der Waals surface area (Å²) in [5.74, 6) is 0. The van der Waals surface area contributed by atoms with E-state index in [4.69, 9.17) is 9.47 Å². The van der Waals surface area contributed by atoms with Gasteiger partial charge in [-0.3, -0.25) is 0 Å². The third-order valence-electron chi connectivity index (χ3n) is 5.32. The van der Waals surface area contributed by atoms with Crippen LogP contribution in [0.4, 0.5) is 4.79 Å². The summed E-state index contributed by atoms with van der Waals surface area (Å²) >= 11 is 0. The summed E-state index contributed by atoms with van der Waals surface area (Å²) in [7, 11) is 0. The fraction of sp³-hybridized carbons (Fsp3) is 0.650. The van der Waals surface area contributed by atoms with E-state index in [-0.39, 0.29) is 29.8 Å². The first-order chi connectivity index (χ1) is 12.1. The molecule has 1 aliphatic carbocycles. The zero-order chi connectivity index (χ0) is 17.7. The Morgan fingerprint density at radius 2 is 1.92 bits per heavy atom. The summed E-state index contributed by atoms with van der Waals surface area (Å²) < 4.78 is 11.8. The van der Waals surface area contributed by atoms with Crippen molar-refractivity contribution in [2.45, 2.75) is 69.7 Å². The van der Waals surface area contributed by atoms with Crippen LogP contribution in [0.25, 0.3) is 0 Å². The predicted molar refractivity (Wildman–Crippen MR) is 97.5 cm³/mol. The van der Waals surface area contributed by atoms with Crippen LogP contribution in [0.1, 0.15) is 57.6 Å². The van der Waals surface area contributed by atoms with Gasteiger partial charge in [0.15, 0.2) is 0 Å². The van der Waals surface area contributed by atoms with Gasteiger partial charge in [0.1, 0.15) is 6.10 Å². The van der Waals surface area contributed by atoms with Crippen LogP contribution >= 0.6 is 0 Å². The van der Waals surface area contributed by atoms with Crippen LogP contribution in [-0.4, -0.2) is 36.9 Å². The summed E-state index contributed by atoms with van der Waals surface area (Å²) in [6.07, 6.45) is 5.11. The summed E-state index contributed by atoms with van der Waals surface area (Å²) in [4.78, 5) is 12.4. The van der Waals surface area contributed by atoms with Gasteiger partial charge in [-0.2, -0.15) is 0 Å². The minimum atomic E-state index is -0.163. The van der Waals surface area contributed by atoms with E-state index < -0.39 is 0 Å². The van der Waals surface area contributed by atoms with Crippen molar-refractivity contribution in [3.63, 3.8) is 0 Å². The molecule has 0 aromatic heterocycles. The van der Waals surface area contributed by atoms with Crippen LogP contribution in [0.3, 0.4) is 0 Å². The topological polar surface area (TPSA) is 59.6 Å². The van der Waals surface area contributed by atoms with Crippen molar-refractivity contribution >= 4 is 6.03 Å². The molecule has 2 atom stereocenters. The maximum Gasteiger partial charge on any atom is 0.315 e. The van der Waals surface area contributed by atoms with E-state index in [1.165, 1.54) is 6.42 Å². The predicted octanol–water partition coefficient (Wildman–Crippen LogP) is 3.55. The van der Waals surface area contributed by atoms with Crippen LogP contribution in [0.15, 0.2) is 30.3 Å². The number of carbonyl (C=O) groups excluding carboxylic acids is 1. The number of hydrogen-bond donors (Lipinski definition) is 2. The maximum absolute atomic E-state index is 12.4. The Labute approximate surface area is 150 Å². The normalized spacial score (nSPS) is 22.5. The number of rotatable bonds is 6. The first-order valence-electron chi connectivity index (χ1n) is 9.43. The molecule has 1 saturated carbocycles. The molecule has 25 heavy (non-hydrogen) atoms. The van der Waals surface area contributed by atoms with Crippen LogP contribution in [0, 0.1) is 0 Å². The van der Waals surface area contributed by atoms with Crippen molar-refractivity contribution in [1.29, 1.82) is 0 Å². The molecule has 1 heterocycles. The molecule has 0 unspecified atom stereocenters. The molecule has 1 aromatic rings. The second-order valence-electron chi connectivity index (χ2n) is 7.58. The molecule has 1 aliphatic heterocycles. The standard InChI is InChI=1S/C20H30N2O3/c1-15(21-19(23)22-20(2)11-6-12-20)18(16-7-4-3-5-8-16)25-17-9-13-24-14-10-17/h3-5,7-8,15,17-18H,6,9-14H2,1-2H3,(H2,21,22,23)/t15-,18+/m0/s1. The van der Waals surface area contributed by atoms with Crippen molar-refractivity contribution < 1.29 is 14.3 Å². The minimum absolute atomic E-state index is 0.0480. The van der Waals surface area contributed by atoms with Crippen molar-refractivity contribution in [2.75, 3.05) is 13.2 Å². The number of nitrogens with one attached hydrogen (secondary N) is 2. The molecule has 0 spiro atoms. The number of carbonyl (C=O) groups is 1. The smallest absolute Gasteiger partial charge is 0.315 e. The van der Waals surface area contributed by atoms with E-state index in [9.17, 15) is 4.79 Å². The van der Waals surface area contributed by atoms with Crippen LogP contribution in [-0.2, 0) is 9.47 Å². The summed E-state index contributed by atoms with van der Waals surface area (Å²) in [5, 5.41) is 6.19. The lowest BCUT2D eigenvalue weighted by Crippen LogP contribution is -2.56. The number of hydrogen-bond acceptors (Lipinski definition) is 3. The van der Waals surface area contributed by atoms with E-state index >= 15 is 0 Å². The largest absolute Gasteiger partial charge is 0.381 e. The van der Waals surface area contributed by atoms with Crippen LogP contribution in [0.5, 0.6) is 0 Å². The molecule has 0 radical (unpaired) electrons.